The zero-order valence-electron chi connectivity index (χ0n) is 39.1. The van der Waals surface area contributed by atoms with E-state index in [2.05, 4.69) is 301 Å². The van der Waals surface area contributed by atoms with Crippen LogP contribution in [0.3, 0.4) is 0 Å². The minimum absolute atomic E-state index is 1.08. The molecule has 0 atom stereocenters. The summed E-state index contributed by atoms with van der Waals surface area (Å²) in [5.41, 5.74) is 11.6. The smallest absolute Gasteiger partial charge is 0.179 e. The van der Waals surface area contributed by atoms with E-state index in [-0.39, 0.29) is 0 Å². The summed E-state index contributed by atoms with van der Waals surface area (Å²) in [5, 5.41) is 12.7. The zero-order chi connectivity index (χ0) is 47.1. The van der Waals surface area contributed by atoms with Crippen molar-refractivity contribution >= 4 is 89.2 Å². The molecule has 3 heteroatoms. The molecule has 0 spiro atoms. The molecule has 0 fully saturated rings. The molecule has 1 heterocycles. The quantitative estimate of drug-likeness (QED) is 0.0754. The molecular formula is C68H48N2Si. The van der Waals surface area contributed by atoms with Crippen LogP contribution < -0.4 is 25.6 Å². The van der Waals surface area contributed by atoms with Crippen molar-refractivity contribution in [2.45, 2.75) is 0 Å². The van der Waals surface area contributed by atoms with Crippen molar-refractivity contribution in [1.29, 1.82) is 0 Å². The van der Waals surface area contributed by atoms with Gasteiger partial charge in [0.1, 0.15) is 0 Å². The summed E-state index contributed by atoms with van der Waals surface area (Å²) < 4.78 is 2.39. The summed E-state index contributed by atoms with van der Waals surface area (Å²) in [7, 11) is -2.71. The predicted octanol–water partition coefficient (Wildman–Crippen LogP) is 15.3. The van der Waals surface area contributed by atoms with Gasteiger partial charge in [0.05, 0.1) is 16.7 Å². The van der Waals surface area contributed by atoms with E-state index in [1.165, 1.54) is 86.4 Å². The molecule has 0 amide bonds. The monoisotopic (exact) mass is 920 g/mol. The Hall–Kier alpha value is -9.02. The van der Waals surface area contributed by atoms with Crippen molar-refractivity contribution in [1.82, 2.24) is 4.57 Å². The van der Waals surface area contributed by atoms with Gasteiger partial charge < -0.3 is 9.47 Å². The molecule has 0 aliphatic heterocycles. The standard InChI is InChI=1S/C68H48N2Si/c1-5-21-49(22-6-1)50-37-41-52(42-38-50)69(53-43-45-54(46-44-53)70-65-35-19-17-29-59(65)60-30-18-20-36-66(60)70)68-63-33-15-13-31-61(63)67(62-32-14-16-34-64(62)68)51-39-47-58(48-40-51)71(55-23-7-2-8-24-55,56-25-9-3-10-26-56)57-27-11-4-12-28-57/h1-48H. The van der Waals surface area contributed by atoms with Crippen molar-refractivity contribution in [3.8, 4) is 27.9 Å². The fraction of sp³-hybridized carbons (Fsp3) is 0. The van der Waals surface area contributed by atoms with Crippen LogP contribution in [-0.4, -0.2) is 12.6 Å². The summed E-state index contributed by atoms with van der Waals surface area (Å²) >= 11 is 0. The number of para-hydroxylation sites is 2. The second-order valence-corrected chi connectivity index (χ2v) is 22.2. The molecule has 0 saturated carbocycles. The van der Waals surface area contributed by atoms with E-state index in [1.807, 2.05) is 0 Å². The van der Waals surface area contributed by atoms with Crippen LogP contribution in [0.25, 0.3) is 71.3 Å². The van der Waals surface area contributed by atoms with Crippen LogP contribution >= 0.6 is 0 Å². The molecule has 13 aromatic rings. The summed E-state index contributed by atoms with van der Waals surface area (Å²) in [6.45, 7) is 0. The molecular weight excluding hydrogens is 873 g/mol. The maximum absolute atomic E-state index is 2.71. The minimum Gasteiger partial charge on any atom is -0.309 e. The third-order valence-electron chi connectivity index (χ3n) is 14.5. The molecule has 0 N–H and O–H groups in total. The van der Waals surface area contributed by atoms with Gasteiger partial charge in [0.2, 0.25) is 0 Å². The SMILES string of the molecule is c1ccc(-c2ccc(N(c3ccc(-n4c5ccccc5c5ccccc54)cc3)c3c4ccccc4c(-c4ccc([Si](c5ccccc5)(c5ccccc5)c5ccccc5)cc4)c4ccccc34)cc2)cc1. The third kappa shape index (κ3) is 7.09. The van der Waals surface area contributed by atoms with Gasteiger partial charge in [-0.2, -0.15) is 0 Å². The molecule has 0 saturated heterocycles. The van der Waals surface area contributed by atoms with Gasteiger partial charge in [-0.1, -0.05) is 243 Å². The Kier molecular flexibility index (Phi) is 10.6. The zero-order valence-corrected chi connectivity index (χ0v) is 40.1. The second kappa shape index (κ2) is 17.8. The summed E-state index contributed by atoms with van der Waals surface area (Å²) in [4.78, 5) is 2.47. The molecule has 71 heavy (non-hydrogen) atoms. The Balaban J connectivity index is 1.01. The van der Waals surface area contributed by atoms with Crippen molar-refractivity contribution in [2.75, 3.05) is 4.90 Å². The topological polar surface area (TPSA) is 8.17 Å². The van der Waals surface area contributed by atoms with Crippen LogP contribution in [0.1, 0.15) is 0 Å². The Morgan fingerprint density at radius 1 is 0.254 bits per heavy atom. The van der Waals surface area contributed by atoms with Gasteiger partial charge in [-0.05, 0) is 102 Å². The lowest BCUT2D eigenvalue weighted by atomic mass is 9.90. The first-order valence-electron chi connectivity index (χ1n) is 24.5. The first kappa shape index (κ1) is 42.1. The molecule has 0 unspecified atom stereocenters. The largest absolute Gasteiger partial charge is 0.309 e. The lowest BCUT2D eigenvalue weighted by Gasteiger charge is -2.34. The highest BCUT2D eigenvalue weighted by atomic mass is 28.3. The summed E-state index contributed by atoms with van der Waals surface area (Å²) in [6, 6.07) is 107. The summed E-state index contributed by atoms with van der Waals surface area (Å²) in [6.07, 6.45) is 0. The maximum Gasteiger partial charge on any atom is 0.179 e. The van der Waals surface area contributed by atoms with Crippen LogP contribution in [0.5, 0.6) is 0 Å². The number of benzene rings is 12. The second-order valence-electron chi connectivity index (χ2n) is 18.4. The van der Waals surface area contributed by atoms with Gasteiger partial charge in [-0.25, -0.2) is 0 Å². The van der Waals surface area contributed by atoms with Crippen molar-refractivity contribution in [3.05, 3.63) is 291 Å². The molecule has 0 aliphatic rings. The number of rotatable bonds is 10. The fourth-order valence-electron chi connectivity index (χ4n) is 11.4. The Morgan fingerprint density at radius 3 is 1.06 bits per heavy atom. The predicted molar refractivity (Wildman–Crippen MR) is 305 cm³/mol. The molecule has 12 aromatic carbocycles. The van der Waals surface area contributed by atoms with E-state index in [0.29, 0.717) is 0 Å². The number of nitrogens with zero attached hydrogens (tertiary/aromatic N) is 2. The molecule has 0 aliphatic carbocycles. The molecule has 0 bridgehead atoms. The average molecular weight is 921 g/mol. The van der Waals surface area contributed by atoms with Gasteiger partial charge >= 0.3 is 0 Å². The molecule has 0 radical (unpaired) electrons. The van der Waals surface area contributed by atoms with Crippen LogP contribution in [0.4, 0.5) is 17.1 Å². The Labute approximate surface area is 415 Å². The fourth-order valence-corrected chi connectivity index (χ4v) is 16.1. The van der Waals surface area contributed by atoms with E-state index in [4.69, 9.17) is 0 Å². The van der Waals surface area contributed by atoms with Crippen molar-refractivity contribution in [2.24, 2.45) is 0 Å². The van der Waals surface area contributed by atoms with Crippen LogP contribution in [-0.2, 0) is 0 Å². The highest BCUT2D eigenvalue weighted by Gasteiger charge is 2.41. The van der Waals surface area contributed by atoms with Gasteiger partial charge in [0, 0.05) is 38.6 Å². The van der Waals surface area contributed by atoms with E-state index in [1.54, 1.807) is 0 Å². The van der Waals surface area contributed by atoms with E-state index in [9.17, 15) is 0 Å². The van der Waals surface area contributed by atoms with Crippen molar-refractivity contribution in [3.63, 3.8) is 0 Å². The minimum atomic E-state index is -2.71. The van der Waals surface area contributed by atoms with Crippen molar-refractivity contribution < 1.29 is 0 Å². The summed E-state index contributed by atoms with van der Waals surface area (Å²) in [5.74, 6) is 0. The van der Waals surface area contributed by atoms with Crippen LogP contribution in [0.15, 0.2) is 291 Å². The first-order valence-corrected chi connectivity index (χ1v) is 26.5. The maximum atomic E-state index is 2.47. The van der Waals surface area contributed by atoms with Gasteiger partial charge in [0.15, 0.2) is 8.07 Å². The first-order chi connectivity index (χ1) is 35.3. The number of aromatic nitrogens is 1. The molecule has 2 nitrogen and oxygen atoms in total. The van der Waals surface area contributed by atoms with E-state index < -0.39 is 8.07 Å². The lowest BCUT2D eigenvalue weighted by Crippen LogP contribution is -2.74. The average Bonchev–Trinajstić information content (AvgIpc) is 3.79. The van der Waals surface area contributed by atoms with Gasteiger partial charge in [-0.3, -0.25) is 0 Å². The lowest BCUT2D eigenvalue weighted by molar-refractivity contribution is 1.17. The molecule has 334 valence electrons. The number of anilines is 3. The van der Waals surface area contributed by atoms with E-state index >= 15 is 0 Å². The molecule has 1 aromatic heterocycles. The Bertz CT molecular complexity index is 3790. The van der Waals surface area contributed by atoms with Crippen LogP contribution in [0, 0.1) is 0 Å². The number of hydrogen-bond donors (Lipinski definition) is 0. The Morgan fingerprint density at radius 2 is 0.592 bits per heavy atom. The number of fused-ring (bicyclic) bond motifs is 5. The highest BCUT2D eigenvalue weighted by Crippen LogP contribution is 2.48. The van der Waals surface area contributed by atoms with E-state index in [0.717, 1.165) is 22.7 Å². The van der Waals surface area contributed by atoms with Gasteiger partial charge in [-0.15, -0.1) is 0 Å². The van der Waals surface area contributed by atoms with Crippen LogP contribution in [0.2, 0.25) is 0 Å². The number of hydrogen-bond acceptors (Lipinski definition) is 1. The third-order valence-corrected chi connectivity index (χ3v) is 19.3. The van der Waals surface area contributed by atoms with Gasteiger partial charge in [0.25, 0.3) is 0 Å². The molecule has 13 rings (SSSR count). The highest BCUT2D eigenvalue weighted by molar-refractivity contribution is 7.19. The normalized spacial score (nSPS) is 11.7.